The third-order valence-electron chi connectivity index (χ3n) is 3.41. The molecule has 1 saturated heterocycles. The number of carbonyl (C=O) groups is 1. The third-order valence-corrected chi connectivity index (χ3v) is 3.41. The van der Waals surface area contributed by atoms with Gasteiger partial charge in [-0.2, -0.15) is 4.98 Å². The number of nitrogen functional groups attached to an aromatic ring is 1. The van der Waals surface area contributed by atoms with E-state index in [4.69, 9.17) is 10.8 Å². The molecule has 1 aliphatic heterocycles. The number of piperidine rings is 1. The second kappa shape index (κ2) is 6.25. The number of nitrogens with two attached hydrogens (primary N) is 1. The Balaban J connectivity index is 2.00. The number of anilines is 3. The second-order valence-corrected chi connectivity index (χ2v) is 6.56. The van der Waals surface area contributed by atoms with Crippen LogP contribution in [-0.4, -0.2) is 50.7 Å². The van der Waals surface area contributed by atoms with Crippen LogP contribution in [0.2, 0.25) is 0 Å². The van der Waals surface area contributed by atoms with Gasteiger partial charge in [-0.15, -0.1) is 0 Å². The van der Waals surface area contributed by atoms with Gasteiger partial charge in [-0.3, -0.25) is 0 Å². The van der Waals surface area contributed by atoms with Crippen molar-refractivity contribution in [3.05, 3.63) is 6.20 Å². The summed E-state index contributed by atoms with van der Waals surface area (Å²) in [6.07, 6.45) is 2.18. The zero-order valence-corrected chi connectivity index (χ0v) is 13.3. The molecule has 0 bridgehead atoms. The first-order valence-corrected chi connectivity index (χ1v) is 7.40. The maximum Gasteiger partial charge on any atom is 0.407 e. The maximum atomic E-state index is 10.9. The minimum Gasteiger partial charge on any atom is -0.465 e. The van der Waals surface area contributed by atoms with Crippen LogP contribution in [0.15, 0.2) is 6.20 Å². The first-order chi connectivity index (χ1) is 10.2. The van der Waals surface area contributed by atoms with Crippen molar-refractivity contribution in [3.8, 4) is 0 Å². The molecule has 0 radical (unpaired) electrons. The van der Waals surface area contributed by atoms with E-state index < -0.39 is 6.09 Å². The van der Waals surface area contributed by atoms with Crippen LogP contribution in [0.1, 0.15) is 33.6 Å². The molecule has 1 aromatic rings. The van der Waals surface area contributed by atoms with Crippen LogP contribution < -0.4 is 16.4 Å². The van der Waals surface area contributed by atoms with Crippen LogP contribution in [0.3, 0.4) is 0 Å². The molecule has 5 N–H and O–H groups in total. The van der Waals surface area contributed by atoms with E-state index >= 15 is 0 Å². The molecule has 0 unspecified atom stereocenters. The van der Waals surface area contributed by atoms with E-state index in [-0.39, 0.29) is 11.6 Å². The summed E-state index contributed by atoms with van der Waals surface area (Å²) in [7, 11) is 0. The van der Waals surface area contributed by atoms with E-state index in [0.29, 0.717) is 30.5 Å². The van der Waals surface area contributed by atoms with Gasteiger partial charge in [0.15, 0.2) is 5.82 Å². The zero-order valence-electron chi connectivity index (χ0n) is 13.3. The van der Waals surface area contributed by atoms with Gasteiger partial charge in [-0.25, -0.2) is 9.78 Å². The lowest BCUT2D eigenvalue weighted by Gasteiger charge is -2.31. The molecule has 0 atom stereocenters. The standard InChI is InChI=1S/C14H24N6O2/c1-14(2,3)19-12-16-8-10(15)11(18-12)17-9-4-6-20(7-5-9)13(21)22/h8-9H,4-7,15H2,1-3H3,(H,21,22)(H2,16,17,18,19). The van der Waals surface area contributed by atoms with E-state index in [1.165, 1.54) is 4.90 Å². The van der Waals surface area contributed by atoms with Crippen molar-refractivity contribution in [3.63, 3.8) is 0 Å². The van der Waals surface area contributed by atoms with E-state index in [9.17, 15) is 4.79 Å². The molecular weight excluding hydrogens is 284 g/mol. The number of nitrogens with zero attached hydrogens (tertiary/aromatic N) is 3. The molecular formula is C14H24N6O2. The van der Waals surface area contributed by atoms with E-state index in [0.717, 1.165) is 12.8 Å². The molecule has 1 aromatic heterocycles. The Morgan fingerprint density at radius 3 is 2.59 bits per heavy atom. The lowest BCUT2D eigenvalue weighted by Crippen LogP contribution is -2.41. The second-order valence-electron chi connectivity index (χ2n) is 6.56. The Bertz CT molecular complexity index is 535. The fourth-order valence-corrected chi connectivity index (χ4v) is 2.31. The fraction of sp³-hybridized carbons (Fsp3) is 0.643. The molecule has 1 aliphatic rings. The molecule has 8 heteroatoms. The van der Waals surface area contributed by atoms with Gasteiger partial charge in [0.25, 0.3) is 0 Å². The molecule has 0 spiro atoms. The number of nitrogens with one attached hydrogen (secondary N) is 2. The van der Waals surface area contributed by atoms with Crippen molar-refractivity contribution in [2.24, 2.45) is 0 Å². The number of likely N-dealkylation sites (tertiary alicyclic amines) is 1. The average molecular weight is 308 g/mol. The van der Waals surface area contributed by atoms with Crippen molar-refractivity contribution >= 4 is 23.5 Å². The molecule has 22 heavy (non-hydrogen) atoms. The highest BCUT2D eigenvalue weighted by molar-refractivity contribution is 5.65. The Hall–Kier alpha value is -2.25. The number of hydrogen-bond acceptors (Lipinski definition) is 6. The Morgan fingerprint density at radius 1 is 1.41 bits per heavy atom. The van der Waals surface area contributed by atoms with E-state index in [2.05, 4.69) is 20.6 Å². The van der Waals surface area contributed by atoms with Crippen LogP contribution in [0.5, 0.6) is 0 Å². The minimum absolute atomic E-state index is 0.139. The summed E-state index contributed by atoms with van der Waals surface area (Å²) in [6.45, 7) is 7.13. The Labute approximate surface area is 130 Å². The van der Waals surface area contributed by atoms with Gasteiger partial charge in [-0.1, -0.05) is 0 Å². The van der Waals surface area contributed by atoms with Crippen LogP contribution in [0, 0.1) is 0 Å². The van der Waals surface area contributed by atoms with Crippen LogP contribution in [-0.2, 0) is 0 Å². The fourth-order valence-electron chi connectivity index (χ4n) is 2.31. The number of carboxylic acid groups (broad SMARTS) is 1. The number of rotatable bonds is 3. The van der Waals surface area contributed by atoms with Gasteiger partial charge in [-0.05, 0) is 33.6 Å². The summed E-state index contributed by atoms with van der Waals surface area (Å²) in [5, 5.41) is 15.5. The van der Waals surface area contributed by atoms with Crippen molar-refractivity contribution in [2.75, 3.05) is 29.5 Å². The first-order valence-electron chi connectivity index (χ1n) is 7.40. The average Bonchev–Trinajstić information content (AvgIpc) is 2.41. The highest BCUT2D eigenvalue weighted by Gasteiger charge is 2.23. The molecule has 0 aromatic carbocycles. The van der Waals surface area contributed by atoms with Gasteiger partial charge in [0, 0.05) is 24.7 Å². The Kier molecular flexibility index (Phi) is 4.58. The van der Waals surface area contributed by atoms with Gasteiger partial charge in [0.1, 0.15) is 0 Å². The highest BCUT2D eigenvalue weighted by atomic mass is 16.4. The largest absolute Gasteiger partial charge is 0.465 e. The monoisotopic (exact) mass is 308 g/mol. The van der Waals surface area contributed by atoms with Gasteiger partial charge in [0.2, 0.25) is 5.95 Å². The van der Waals surface area contributed by atoms with Crippen LogP contribution in [0.25, 0.3) is 0 Å². The van der Waals surface area contributed by atoms with Crippen molar-refractivity contribution in [1.29, 1.82) is 0 Å². The van der Waals surface area contributed by atoms with Crippen LogP contribution >= 0.6 is 0 Å². The SMILES string of the molecule is CC(C)(C)Nc1ncc(N)c(NC2CCN(C(=O)O)CC2)n1. The molecule has 2 heterocycles. The molecule has 1 fully saturated rings. The predicted octanol–water partition coefficient (Wildman–Crippen LogP) is 1.82. The molecule has 0 aliphatic carbocycles. The smallest absolute Gasteiger partial charge is 0.407 e. The van der Waals surface area contributed by atoms with Gasteiger partial charge >= 0.3 is 6.09 Å². The summed E-state index contributed by atoms with van der Waals surface area (Å²) in [5.74, 6) is 1.11. The maximum absolute atomic E-state index is 10.9. The quantitative estimate of drug-likeness (QED) is 0.673. The van der Waals surface area contributed by atoms with Crippen molar-refractivity contribution in [1.82, 2.24) is 14.9 Å². The predicted molar refractivity (Wildman–Crippen MR) is 86.1 cm³/mol. The third kappa shape index (κ3) is 4.37. The molecule has 2 rings (SSSR count). The summed E-state index contributed by atoms with van der Waals surface area (Å²) in [5.41, 5.74) is 6.27. The molecule has 0 saturated carbocycles. The summed E-state index contributed by atoms with van der Waals surface area (Å²) >= 11 is 0. The minimum atomic E-state index is -0.864. The number of amides is 1. The first kappa shape index (κ1) is 16.1. The lowest BCUT2D eigenvalue weighted by atomic mass is 10.1. The topological polar surface area (TPSA) is 116 Å². The van der Waals surface area contributed by atoms with Crippen LogP contribution in [0.4, 0.5) is 22.2 Å². The van der Waals surface area contributed by atoms with Gasteiger partial charge in [0.05, 0.1) is 11.9 Å². The normalized spacial score (nSPS) is 16.4. The van der Waals surface area contributed by atoms with E-state index in [1.54, 1.807) is 6.20 Å². The van der Waals surface area contributed by atoms with Gasteiger partial charge < -0.3 is 26.4 Å². The molecule has 122 valence electrons. The number of hydrogen-bond donors (Lipinski definition) is 4. The molecule has 8 nitrogen and oxygen atoms in total. The van der Waals surface area contributed by atoms with Crippen molar-refractivity contribution < 1.29 is 9.90 Å². The van der Waals surface area contributed by atoms with E-state index in [1.807, 2.05) is 20.8 Å². The lowest BCUT2D eigenvalue weighted by molar-refractivity contribution is 0.134. The summed E-state index contributed by atoms with van der Waals surface area (Å²) in [6, 6.07) is 0.162. The highest BCUT2D eigenvalue weighted by Crippen LogP contribution is 2.22. The number of aromatic nitrogens is 2. The Morgan fingerprint density at radius 2 is 2.05 bits per heavy atom. The molecule has 1 amide bonds. The summed E-state index contributed by atoms with van der Waals surface area (Å²) < 4.78 is 0. The summed E-state index contributed by atoms with van der Waals surface area (Å²) in [4.78, 5) is 20.9. The zero-order chi connectivity index (χ0) is 16.3. The van der Waals surface area contributed by atoms with Crippen molar-refractivity contribution in [2.45, 2.75) is 45.2 Å².